The van der Waals surface area contributed by atoms with Gasteiger partial charge in [-0.3, -0.25) is 14.1 Å². The molecule has 0 saturated heterocycles. The number of amides is 1. The van der Waals surface area contributed by atoms with Crippen molar-refractivity contribution >= 4 is 44.8 Å². The molecule has 24 heavy (non-hydrogen) atoms. The Kier molecular flexibility index (Phi) is 6.04. The molecule has 1 aromatic heterocycles. The van der Waals surface area contributed by atoms with E-state index in [4.69, 9.17) is 23.2 Å². The van der Waals surface area contributed by atoms with Crippen LogP contribution >= 0.6 is 23.2 Å². The number of halogens is 2. The Morgan fingerprint density at radius 3 is 2.38 bits per heavy atom. The van der Waals surface area contributed by atoms with Gasteiger partial charge in [0, 0.05) is 6.20 Å². The minimum absolute atomic E-state index is 0.0799. The first-order valence-electron chi connectivity index (χ1n) is 6.87. The van der Waals surface area contributed by atoms with Gasteiger partial charge < -0.3 is 5.32 Å². The van der Waals surface area contributed by atoms with Gasteiger partial charge in [0.1, 0.15) is 6.54 Å². The number of hydrogen-bond acceptors (Lipinski definition) is 4. The lowest BCUT2D eigenvalue weighted by Crippen LogP contribution is -2.40. The Balaban J connectivity index is 2.17. The smallest absolute Gasteiger partial charge is 0.241 e. The fourth-order valence-corrected chi connectivity index (χ4v) is 3.55. The van der Waals surface area contributed by atoms with Crippen LogP contribution in [0.25, 0.3) is 0 Å². The van der Waals surface area contributed by atoms with E-state index in [9.17, 15) is 13.2 Å². The molecule has 0 unspecified atom stereocenters. The summed E-state index contributed by atoms with van der Waals surface area (Å²) >= 11 is 12.1. The molecule has 9 heteroatoms. The van der Waals surface area contributed by atoms with Crippen molar-refractivity contribution in [2.45, 2.75) is 6.54 Å². The highest BCUT2D eigenvalue weighted by Gasteiger charge is 2.25. The fourth-order valence-electron chi connectivity index (χ4n) is 1.97. The van der Waals surface area contributed by atoms with E-state index in [1.165, 1.54) is 12.1 Å². The number of para-hydroxylation sites is 1. The summed E-state index contributed by atoms with van der Waals surface area (Å²) in [6.45, 7) is -0.247. The molecule has 128 valence electrons. The average Bonchev–Trinajstić information content (AvgIpc) is 2.52. The zero-order chi connectivity index (χ0) is 17.7. The molecule has 1 aromatic carbocycles. The van der Waals surface area contributed by atoms with Crippen molar-refractivity contribution in [2.24, 2.45) is 0 Å². The maximum absolute atomic E-state index is 12.1. The molecule has 0 fully saturated rings. The lowest BCUT2D eigenvalue weighted by atomic mass is 10.3. The van der Waals surface area contributed by atoms with Gasteiger partial charge in [0.25, 0.3) is 0 Å². The summed E-state index contributed by atoms with van der Waals surface area (Å²) in [5.74, 6) is -0.498. The van der Waals surface area contributed by atoms with Gasteiger partial charge in [-0.05, 0) is 24.3 Å². The van der Waals surface area contributed by atoms with Gasteiger partial charge in [-0.25, -0.2) is 8.42 Å². The molecule has 0 aliphatic carbocycles. The number of anilines is 1. The number of benzene rings is 1. The fraction of sp³-hybridized carbons (Fsp3) is 0.200. The second-order valence-corrected chi connectivity index (χ2v) is 7.66. The van der Waals surface area contributed by atoms with E-state index >= 15 is 0 Å². The van der Waals surface area contributed by atoms with Gasteiger partial charge in [-0.2, -0.15) is 0 Å². The number of rotatable bonds is 6. The van der Waals surface area contributed by atoms with Crippen LogP contribution in [0, 0.1) is 0 Å². The summed E-state index contributed by atoms with van der Waals surface area (Å²) in [6.07, 6.45) is 2.59. The van der Waals surface area contributed by atoms with E-state index in [-0.39, 0.29) is 22.3 Å². The summed E-state index contributed by atoms with van der Waals surface area (Å²) < 4.78 is 25.0. The highest BCUT2D eigenvalue weighted by molar-refractivity contribution is 7.92. The number of aromatic nitrogens is 1. The van der Waals surface area contributed by atoms with Gasteiger partial charge in [-0.1, -0.05) is 35.3 Å². The molecule has 1 N–H and O–H groups in total. The Labute approximate surface area is 150 Å². The van der Waals surface area contributed by atoms with Gasteiger partial charge >= 0.3 is 0 Å². The number of nitrogens with zero attached hydrogens (tertiary/aromatic N) is 2. The molecule has 2 aromatic rings. The van der Waals surface area contributed by atoms with Crippen LogP contribution in [0.2, 0.25) is 10.0 Å². The lowest BCUT2D eigenvalue weighted by Gasteiger charge is -2.23. The van der Waals surface area contributed by atoms with E-state index in [1.807, 2.05) is 0 Å². The summed E-state index contributed by atoms with van der Waals surface area (Å²) in [6, 6.07) is 9.91. The molecule has 2 rings (SSSR count). The molecule has 6 nitrogen and oxygen atoms in total. The first kappa shape index (κ1) is 18.5. The maximum atomic E-state index is 12.1. The summed E-state index contributed by atoms with van der Waals surface area (Å²) in [4.78, 5) is 16.2. The van der Waals surface area contributed by atoms with Crippen LogP contribution in [0.5, 0.6) is 0 Å². The Bertz CT molecular complexity index is 809. The zero-order valence-corrected chi connectivity index (χ0v) is 15.1. The highest BCUT2D eigenvalue weighted by Crippen LogP contribution is 2.34. The normalized spacial score (nSPS) is 11.1. The minimum atomic E-state index is -3.75. The predicted molar refractivity (Wildman–Crippen MR) is 94.7 cm³/mol. The van der Waals surface area contributed by atoms with Crippen LogP contribution in [0.3, 0.4) is 0 Å². The van der Waals surface area contributed by atoms with Crippen molar-refractivity contribution in [3.05, 3.63) is 58.3 Å². The lowest BCUT2D eigenvalue weighted by molar-refractivity contribution is -0.119. The van der Waals surface area contributed by atoms with Crippen molar-refractivity contribution < 1.29 is 13.2 Å². The summed E-state index contributed by atoms with van der Waals surface area (Å²) in [5, 5.41) is 2.90. The molecule has 0 radical (unpaired) electrons. The number of sulfonamides is 1. The van der Waals surface area contributed by atoms with E-state index in [0.717, 1.165) is 10.6 Å². The van der Waals surface area contributed by atoms with Gasteiger partial charge in [0.15, 0.2) is 0 Å². The first-order chi connectivity index (χ1) is 11.3. The van der Waals surface area contributed by atoms with E-state index in [2.05, 4.69) is 10.3 Å². The van der Waals surface area contributed by atoms with Crippen molar-refractivity contribution in [1.29, 1.82) is 0 Å². The Hall–Kier alpha value is -1.83. The molecule has 0 bridgehead atoms. The summed E-state index contributed by atoms with van der Waals surface area (Å²) in [5.41, 5.74) is 0.740. The van der Waals surface area contributed by atoms with Crippen molar-refractivity contribution in [1.82, 2.24) is 10.3 Å². The third kappa shape index (κ3) is 4.83. The van der Waals surface area contributed by atoms with E-state index in [0.29, 0.717) is 5.69 Å². The average molecular weight is 388 g/mol. The number of nitrogens with one attached hydrogen (secondary N) is 1. The van der Waals surface area contributed by atoms with Crippen LogP contribution in [-0.4, -0.2) is 32.1 Å². The SMILES string of the molecule is CS(=O)(=O)N(CC(=O)NCc1ccccn1)c1c(Cl)cccc1Cl. The number of carbonyl (C=O) groups excluding carboxylic acids is 1. The molecular formula is C15H15Cl2N3O3S. The number of pyridine rings is 1. The van der Waals surface area contributed by atoms with Gasteiger partial charge in [-0.15, -0.1) is 0 Å². The monoisotopic (exact) mass is 387 g/mol. The Morgan fingerprint density at radius 2 is 1.83 bits per heavy atom. The van der Waals surface area contributed by atoms with E-state index in [1.54, 1.807) is 30.5 Å². The molecule has 0 aliphatic rings. The molecule has 1 heterocycles. The van der Waals surface area contributed by atoms with Crippen molar-refractivity contribution in [2.75, 3.05) is 17.1 Å². The van der Waals surface area contributed by atoms with Crippen LogP contribution < -0.4 is 9.62 Å². The second-order valence-electron chi connectivity index (χ2n) is 4.94. The number of carbonyl (C=O) groups is 1. The largest absolute Gasteiger partial charge is 0.349 e. The van der Waals surface area contributed by atoms with E-state index < -0.39 is 22.5 Å². The van der Waals surface area contributed by atoms with Gasteiger partial charge in [0.05, 0.1) is 34.2 Å². The maximum Gasteiger partial charge on any atom is 0.241 e. The van der Waals surface area contributed by atoms with Crippen LogP contribution in [0.15, 0.2) is 42.6 Å². The second kappa shape index (κ2) is 7.83. The predicted octanol–water partition coefficient (Wildman–Crippen LogP) is 2.47. The first-order valence-corrected chi connectivity index (χ1v) is 9.48. The van der Waals surface area contributed by atoms with Crippen molar-refractivity contribution in [3.63, 3.8) is 0 Å². The van der Waals surface area contributed by atoms with Crippen LogP contribution in [0.1, 0.15) is 5.69 Å². The third-order valence-electron chi connectivity index (χ3n) is 3.07. The van der Waals surface area contributed by atoms with Crippen molar-refractivity contribution in [3.8, 4) is 0 Å². The molecule has 0 spiro atoms. The molecule has 0 atom stereocenters. The third-order valence-corrected chi connectivity index (χ3v) is 4.79. The zero-order valence-electron chi connectivity index (χ0n) is 12.7. The quantitative estimate of drug-likeness (QED) is 0.825. The summed E-state index contributed by atoms with van der Waals surface area (Å²) in [7, 11) is -3.75. The van der Waals surface area contributed by atoms with Gasteiger partial charge in [0.2, 0.25) is 15.9 Å². The topological polar surface area (TPSA) is 79.4 Å². The van der Waals surface area contributed by atoms with Crippen LogP contribution in [-0.2, 0) is 21.4 Å². The highest BCUT2D eigenvalue weighted by atomic mass is 35.5. The Morgan fingerprint density at radius 1 is 1.17 bits per heavy atom. The number of hydrogen-bond donors (Lipinski definition) is 1. The van der Waals surface area contributed by atoms with Crippen LogP contribution in [0.4, 0.5) is 5.69 Å². The molecule has 0 saturated carbocycles. The molecular weight excluding hydrogens is 373 g/mol. The minimum Gasteiger partial charge on any atom is -0.349 e. The standard InChI is InChI=1S/C15H15Cl2N3O3S/c1-24(22,23)20(15-12(16)6-4-7-13(15)17)10-14(21)19-9-11-5-2-3-8-18-11/h2-8H,9-10H2,1H3,(H,19,21). The molecule has 0 aliphatic heterocycles. The molecule has 1 amide bonds.